The molecule has 0 spiro atoms. The lowest BCUT2D eigenvalue weighted by Gasteiger charge is -2.34. The number of fused-ring (bicyclic) bond motifs is 1. The third-order valence-electron chi connectivity index (χ3n) is 5.84. The molecule has 2 aromatic heterocycles. The van der Waals surface area contributed by atoms with Gasteiger partial charge in [0.05, 0.1) is 10.2 Å². The highest BCUT2D eigenvalue weighted by Crippen LogP contribution is 2.32. The quantitative estimate of drug-likeness (QED) is 0.561. The normalized spacial score (nSPS) is 21.0. The molecule has 0 N–H and O–H groups in total. The van der Waals surface area contributed by atoms with Gasteiger partial charge >= 0.3 is 0 Å². The molecule has 1 unspecified atom stereocenters. The van der Waals surface area contributed by atoms with Crippen molar-refractivity contribution in [1.82, 2.24) is 14.2 Å². The summed E-state index contributed by atoms with van der Waals surface area (Å²) in [4.78, 5) is 19.5. The Morgan fingerprint density at radius 1 is 1.06 bits per heavy atom. The first-order chi connectivity index (χ1) is 15.0. The van der Waals surface area contributed by atoms with E-state index in [9.17, 15) is 13.2 Å². The minimum Gasteiger partial charge on any atom is -0.467 e. The molecule has 1 aromatic carbocycles. The maximum atomic E-state index is 13.2. The zero-order valence-electron chi connectivity index (χ0n) is 16.8. The van der Waals surface area contributed by atoms with Crippen LogP contribution in [0.2, 0.25) is 0 Å². The number of aromatic nitrogens is 1. The van der Waals surface area contributed by atoms with Crippen LogP contribution < -0.4 is 4.74 Å². The molecule has 4 heterocycles. The number of para-hydroxylation sites is 1. The molecular weight excluding hydrogens is 454 g/mol. The molecule has 31 heavy (non-hydrogen) atoms. The summed E-state index contributed by atoms with van der Waals surface area (Å²) in [5.41, 5.74) is 0.934. The fraction of sp³-hybridized carbons (Fsp3) is 0.429. The number of hydrogen-bond acceptors (Lipinski definition) is 7. The molecule has 7 nitrogen and oxygen atoms in total. The van der Waals surface area contributed by atoms with E-state index in [4.69, 9.17) is 4.74 Å². The number of hydrogen-bond donors (Lipinski definition) is 0. The third-order valence-corrected chi connectivity index (χ3v) is 10.1. The second kappa shape index (κ2) is 8.50. The predicted molar refractivity (Wildman–Crippen MR) is 121 cm³/mol. The largest absolute Gasteiger partial charge is 0.467 e. The van der Waals surface area contributed by atoms with Crippen molar-refractivity contribution in [3.63, 3.8) is 0 Å². The molecule has 0 saturated carbocycles. The lowest BCUT2D eigenvalue weighted by atomic mass is 10.1. The number of thiophene rings is 1. The number of carbonyl (C=O) groups excluding carboxylic acids is 1. The Labute approximate surface area is 189 Å². The molecular formula is C21H23N3O4S3. The van der Waals surface area contributed by atoms with Crippen molar-refractivity contribution in [2.24, 2.45) is 0 Å². The maximum absolute atomic E-state index is 13.2. The van der Waals surface area contributed by atoms with E-state index < -0.39 is 16.1 Å². The number of thiazole rings is 1. The summed E-state index contributed by atoms with van der Waals surface area (Å²) in [6, 6.07) is 10.7. The van der Waals surface area contributed by atoms with Crippen molar-refractivity contribution in [2.75, 3.05) is 19.6 Å². The van der Waals surface area contributed by atoms with Crippen LogP contribution in [0.25, 0.3) is 10.2 Å². The van der Waals surface area contributed by atoms with Crippen LogP contribution in [0, 0.1) is 0 Å². The Morgan fingerprint density at radius 3 is 2.61 bits per heavy atom. The standard InChI is InChI=1S/C21H23N3O4S3/c25-20(17-6-3-11-24(17)31(26,27)19-8-4-14-29-19)23-12-9-15(10-13-23)28-21-22-16-5-1-2-7-18(16)30-21/h1-2,4-5,7-8,14-15,17H,3,6,9-13H2. The van der Waals surface area contributed by atoms with Crippen molar-refractivity contribution in [3.8, 4) is 5.19 Å². The van der Waals surface area contributed by atoms with E-state index in [1.165, 1.54) is 27.0 Å². The van der Waals surface area contributed by atoms with Crippen molar-refractivity contribution in [1.29, 1.82) is 0 Å². The third kappa shape index (κ3) is 4.09. The smallest absolute Gasteiger partial charge is 0.274 e. The molecule has 10 heteroatoms. The zero-order valence-corrected chi connectivity index (χ0v) is 19.3. The summed E-state index contributed by atoms with van der Waals surface area (Å²) < 4.78 is 34.8. The molecule has 0 aliphatic carbocycles. The molecule has 1 amide bonds. The summed E-state index contributed by atoms with van der Waals surface area (Å²) in [7, 11) is -3.62. The molecule has 2 aliphatic heterocycles. The van der Waals surface area contributed by atoms with Gasteiger partial charge in [-0.1, -0.05) is 29.5 Å². The highest BCUT2D eigenvalue weighted by atomic mass is 32.2. The highest BCUT2D eigenvalue weighted by molar-refractivity contribution is 7.91. The highest BCUT2D eigenvalue weighted by Gasteiger charge is 2.42. The van der Waals surface area contributed by atoms with Gasteiger partial charge < -0.3 is 9.64 Å². The minimum absolute atomic E-state index is 0.0131. The van der Waals surface area contributed by atoms with Crippen LogP contribution in [0.15, 0.2) is 46.0 Å². The van der Waals surface area contributed by atoms with Crippen molar-refractivity contribution in [2.45, 2.75) is 42.0 Å². The molecule has 2 aliphatic rings. The first-order valence-corrected chi connectivity index (χ1v) is 13.5. The van der Waals surface area contributed by atoms with Crippen LogP contribution in [0.4, 0.5) is 0 Å². The molecule has 3 aromatic rings. The van der Waals surface area contributed by atoms with Gasteiger partial charge in [0.2, 0.25) is 5.91 Å². The monoisotopic (exact) mass is 477 g/mol. The van der Waals surface area contributed by atoms with Gasteiger partial charge in [-0.15, -0.1) is 11.3 Å². The van der Waals surface area contributed by atoms with E-state index in [0.29, 0.717) is 54.7 Å². The minimum atomic E-state index is -3.62. The van der Waals surface area contributed by atoms with Crippen LogP contribution >= 0.6 is 22.7 Å². The average Bonchev–Trinajstić information content (AvgIpc) is 3.54. The Kier molecular flexibility index (Phi) is 5.72. The van der Waals surface area contributed by atoms with Crippen LogP contribution in [0.1, 0.15) is 25.7 Å². The van der Waals surface area contributed by atoms with Crippen LogP contribution in [0.5, 0.6) is 5.19 Å². The summed E-state index contributed by atoms with van der Waals surface area (Å²) >= 11 is 2.73. The van der Waals surface area contributed by atoms with E-state index in [-0.39, 0.29) is 12.0 Å². The maximum Gasteiger partial charge on any atom is 0.274 e. The van der Waals surface area contributed by atoms with Gasteiger partial charge in [0, 0.05) is 32.5 Å². The van der Waals surface area contributed by atoms with E-state index in [0.717, 1.165) is 10.2 Å². The summed E-state index contributed by atoms with van der Waals surface area (Å²) in [5, 5.41) is 2.41. The van der Waals surface area contributed by atoms with Crippen LogP contribution in [0.3, 0.4) is 0 Å². The number of ether oxygens (including phenoxy) is 1. The van der Waals surface area contributed by atoms with Gasteiger partial charge in [-0.2, -0.15) is 4.31 Å². The summed E-state index contributed by atoms with van der Waals surface area (Å²) in [6.45, 7) is 1.53. The number of sulfonamides is 1. The first-order valence-electron chi connectivity index (χ1n) is 10.4. The Morgan fingerprint density at radius 2 is 1.87 bits per heavy atom. The molecule has 164 valence electrons. The lowest BCUT2D eigenvalue weighted by Crippen LogP contribution is -2.50. The van der Waals surface area contributed by atoms with Crippen molar-refractivity contribution in [3.05, 3.63) is 41.8 Å². The summed E-state index contributed by atoms with van der Waals surface area (Å²) in [6.07, 6.45) is 2.72. The number of carbonyl (C=O) groups is 1. The van der Waals surface area contributed by atoms with Gasteiger partial charge in [-0.05, 0) is 36.4 Å². The zero-order chi connectivity index (χ0) is 21.4. The second-order valence-electron chi connectivity index (χ2n) is 7.80. The molecule has 0 bridgehead atoms. The fourth-order valence-corrected chi connectivity index (χ4v) is 7.90. The topological polar surface area (TPSA) is 79.8 Å². The van der Waals surface area contributed by atoms with Gasteiger partial charge in [-0.25, -0.2) is 13.4 Å². The Bertz CT molecular complexity index is 1130. The van der Waals surface area contributed by atoms with E-state index in [2.05, 4.69) is 4.98 Å². The Balaban J connectivity index is 1.21. The van der Waals surface area contributed by atoms with Crippen LogP contribution in [-0.2, 0) is 14.8 Å². The molecule has 0 radical (unpaired) electrons. The number of nitrogens with zero attached hydrogens (tertiary/aromatic N) is 3. The number of benzene rings is 1. The number of piperidine rings is 1. The first kappa shape index (κ1) is 20.9. The lowest BCUT2D eigenvalue weighted by molar-refractivity contribution is -0.136. The van der Waals surface area contributed by atoms with Crippen LogP contribution in [-0.4, -0.2) is 60.3 Å². The molecule has 2 fully saturated rings. The number of likely N-dealkylation sites (tertiary alicyclic amines) is 1. The molecule has 5 rings (SSSR count). The summed E-state index contributed by atoms with van der Waals surface area (Å²) in [5.74, 6) is -0.0870. The number of amides is 1. The Hall–Kier alpha value is -2.01. The van der Waals surface area contributed by atoms with Gasteiger partial charge in [0.1, 0.15) is 16.4 Å². The fourth-order valence-electron chi connectivity index (χ4n) is 4.25. The van der Waals surface area contributed by atoms with E-state index >= 15 is 0 Å². The average molecular weight is 478 g/mol. The second-order valence-corrected chi connectivity index (χ2v) is 11.9. The van der Waals surface area contributed by atoms with E-state index in [1.54, 1.807) is 22.4 Å². The van der Waals surface area contributed by atoms with E-state index in [1.807, 2.05) is 24.3 Å². The number of rotatable bonds is 5. The van der Waals surface area contributed by atoms with Gasteiger partial charge in [0.25, 0.3) is 15.2 Å². The van der Waals surface area contributed by atoms with Gasteiger partial charge in [0.15, 0.2) is 0 Å². The predicted octanol–water partition coefficient (Wildman–Crippen LogP) is 3.58. The molecule has 2 saturated heterocycles. The van der Waals surface area contributed by atoms with Crippen molar-refractivity contribution >= 4 is 48.8 Å². The van der Waals surface area contributed by atoms with Crippen molar-refractivity contribution < 1.29 is 17.9 Å². The SMILES string of the molecule is O=C(C1CCCN1S(=O)(=O)c1cccs1)N1CCC(Oc2nc3ccccc3s2)CC1. The molecule has 1 atom stereocenters. The van der Waals surface area contributed by atoms with Gasteiger partial charge in [-0.3, -0.25) is 4.79 Å².